The van der Waals surface area contributed by atoms with E-state index < -0.39 is 17.5 Å². The van der Waals surface area contributed by atoms with Gasteiger partial charge in [0.2, 0.25) is 0 Å². The van der Waals surface area contributed by atoms with Crippen molar-refractivity contribution >= 4 is 27.5 Å². The van der Waals surface area contributed by atoms with E-state index in [1.54, 1.807) is 44.2 Å². The standard InChI is InChI=1S/C19H14BrF2NO2/c1-10-16(17(20)11(2)25-10)19(24)23-18-14(8-13(21)9-15(18)22)12-6-4-3-5-7-12/h3-9H,1-2H3,(H,23,24). The molecule has 1 heterocycles. The van der Waals surface area contributed by atoms with Crippen LogP contribution in [0.5, 0.6) is 0 Å². The van der Waals surface area contributed by atoms with E-state index in [1.165, 1.54) is 6.07 Å². The molecule has 0 atom stereocenters. The average molecular weight is 406 g/mol. The Balaban J connectivity index is 2.07. The lowest BCUT2D eigenvalue weighted by molar-refractivity contribution is 0.102. The molecule has 0 saturated carbocycles. The molecule has 1 aromatic heterocycles. The van der Waals surface area contributed by atoms with Crippen molar-refractivity contribution in [1.82, 2.24) is 0 Å². The summed E-state index contributed by atoms with van der Waals surface area (Å²) < 4.78 is 34.0. The highest BCUT2D eigenvalue weighted by Gasteiger charge is 2.22. The number of anilines is 1. The second-order valence-corrected chi connectivity index (χ2v) is 6.33. The highest BCUT2D eigenvalue weighted by atomic mass is 79.9. The molecule has 0 radical (unpaired) electrons. The first-order chi connectivity index (χ1) is 11.9. The molecule has 0 fully saturated rings. The quantitative estimate of drug-likeness (QED) is 0.593. The van der Waals surface area contributed by atoms with Gasteiger partial charge in [0.1, 0.15) is 23.2 Å². The van der Waals surface area contributed by atoms with Crippen LogP contribution in [0.2, 0.25) is 0 Å². The minimum Gasteiger partial charge on any atom is -0.465 e. The number of halogens is 3. The van der Waals surface area contributed by atoms with Gasteiger partial charge in [0, 0.05) is 11.6 Å². The molecule has 0 aliphatic carbocycles. The molecule has 128 valence electrons. The van der Waals surface area contributed by atoms with Gasteiger partial charge in [0.25, 0.3) is 5.91 Å². The van der Waals surface area contributed by atoms with Crippen molar-refractivity contribution in [2.75, 3.05) is 5.32 Å². The van der Waals surface area contributed by atoms with E-state index in [0.29, 0.717) is 21.6 Å². The van der Waals surface area contributed by atoms with Gasteiger partial charge in [-0.1, -0.05) is 30.3 Å². The maximum Gasteiger partial charge on any atom is 0.260 e. The molecule has 25 heavy (non-hydrogen) atoms. The number of hydrogen-bond acceptors (Lipinski definition) is 2. The molecule has 0 aliphatic rings. The van der Waals surface area contributed by atoms with Crippen LogP contribution in [0.3, 0.4) is 0 Å². The Morgan fingerprint density at radius 2 is 1.76 bits per heavy atom. The van der Waals surface area contributed by atoms with E-state index >= 15 is 0 Å². The zero-order valence-corrected chi connectivity index (χ0v) is 15.1. The summed E-state index contributed by atoms with van der Waals surface area (Å²) in [6, 6.07) is 10.7. The lowest BCUT2D eigenvalue weighted by Crippen LogP contribution is -2.15. The molecule has 3 nitrogen and oxygen atoms in total. The maximum absolute atomic E-state index is 14.4. The molecule has 0 unspecified atom stereocenters. The van der Waals surface area contributed by atoms with E-state index in [2.05, 4.69) is 21.2 Å². The molecule has 2 aromatic carbocycles. The first kappa shape index (κ1) is 17.4. The number of aryl methyl sites for hydroxylation is 2. The van der Waals surface area contributed by atoms with Gasteiger partial charge >= 0.3 is 0 Å². The molecule has 3 rings (SSSR count). The predicted molar refractivity (Wildman–Crippen MR) is 95.6 cm³/mol. The molecular formula is C19H14BrF2NO2. The molecule has 3 aromatic rings. The van der Waals surface area contributed by atoms with Gasteiger partial charge in [-0.25, -0.2) is 8.78 Å². The second-order valence-electron chi connectivity index (χ2n) is 5.53. The van der Waals surface area contributed by atoms with E-state index in [-0.39, 0.29) is 16.8 Å². The molecule has 0 spiro atoms. The van der Waals surface area contributed by atoms with Crippen molar-refractivity contribution in [2.45, 2.75) is 13.8 Å². The third-order valence-corrected chi connectivity index (χ3v) is 4.75. The first-order valence-electron chi connectivity index (χ1n) is 7.49. The van der Waals surface area contributed by atoms with Crippen LogP contribution >= 0.6 is 15.9 Å². The summed E-state index contributed by atoms with van der Waals surface area (Å²) in [6.45, 7) is 3.35. The smallest absolute Gasteiger partial charge is 0.260 e. The largest absolute Gasteiger partial charge is 0.465 e. The second kappa shape index (κ2) is 6.80. The third-order valence-electron chi connectivity index (χ3n) is 3.79. The number of nitrogens with one attached hydrogen (secondary N) is 1. The van der Waals surface area contributed by atoms with Gasteiger partial charge in [-0.05, 0) is 41.4 Å². The van der Waals surface area contributed by atoms with Crippen LogP contribution in [-0.4, -0.2) is 5.91 Å². The van der Waals surface area contributed by atoms with Crippen molar-refractivity contribution in [3.63, 3.8) is 0 Å². The zero-order valence-electron chi connectivity index (χ0n) is 13.5. The van der Waals surface area contributed by atoms with Crippen molar-refractivity contribution < 1.29 is 18.0 Å². The van der Waals surface area contributed by atoms with Gasteiger partial charge < -0.3 is 9.73 Å². The molecule has 0 aliphatic heterocycles. The SMILES string of the molecule is Cc1oc(C)c(C(=O)Nc2c(F)cc(F)cc2-c2ccccc2)c1Br. The Kier molecular flexibility index (Phi) is 4.72. The third kappa shape index (κ3) is 3.35. The lowest BCUT2D eigenvalue weighted by atomic mass is 10.0. The Hall–Kier alpha value is -2.47. The van der Waals surface area contributed by atoms with E-state index in [4.69, 9.17) is 4.42 Å². The Morgan fingerprint density at radius 3 is 2.36 bits per heavy atom. The van der Waals surface area contributed by atoms with Crippen molar-refractivity contribution in [3.05, 3.63) is 75.7 Å². The Labute approximate surface area is 151 Å². The summed E-state index contributed by atoms with van der Waals surface area (Å²) in [4.78, 5) is 12.6. The van der Waals surface area contributed by atoms with Gasteiger partial charge in [0.15, 0.2) is 0 Å². The van der Waals surface area contributed by atoms with Crippen LogP contribution in [0.25, 0.3) is 11.1 Å². The summed E-state index contributed by atoms with van der Waals surface area (Å²) in [6.07, 6.45) is 0. The molecule has 0 bridgehead atoms. The van der Waals surface area contributed by atoms with Crippen LogP contribution in [0.1, 0.15) is 21.9 Å². The lowest BCUT2D eigenvalue weighted by Gasteiger charge is -2.13. The van der Waals surface area contributed by atoms with Gasteiger partial charge in [-0.2, -0.15) is 0 Å². The van der Waals surface area contributed by atoms with Crippen LogP contribution in [0.4, 0.5) is 14.5 Å². The van der Waals surface area contributed by atoms with Crippen LogP contribution in [0, 0.1) is 25.5 Å². The number of amides is 1. The normalized spacial score (nSPS) is 10.8. The minimum absolute atomic E-state index is 0.0808. The zero-order chi connectivity index (χ0) is 18.1. The van der Waals surface area contributed by atoms with Crippen LogP contribution < -0.4 is 5.32 Å². The fraction of sp³-hybridized carbons (Fsp3) is 0.105. The fourth-order valence-electron chi connectivity index (χ4n) is 2.64. The summed E-state index contributed by atoms with van der Waals surface area (Å²) in [5.41, 5.74) is 1.05. The van der Waals surface area contributed by atoms with Gasteiger partial charge in [0.05, 0.1) is 15.7 Å². The first-order valence-corrected chi connectivity index (χ1v) is 8.29. The molecule has 0 saturated heterocycles. The fourth-order valence-corrected chi connectivity index (χ4v) is 3.18. The predicted octanol–water partition coefficient (Wildman–Crippen LogP) is 5.86. The Bertz CT molecular complexity index is 952. The number of benzene rings is 2. The van der Waals surface area contributed by atoms with E-state index in [0.717, 1.165) is 6.07 Å². The number of carbonyl (C=O) groups is 1. The van der Waals surface area contributed by atoms with Crippen molar-refractivity contribution in [3.8, 4) is 11.1 Å². The van der Waals surface area contributed by atoms with E-state index in [9.17, 15) is 13.6 Å². The average Bonchev–Trinajstić information content (AvgIpc) is 2.83. The summed E-state index contributed by atoms with van der Waals surface area (Å²) in [5.74, 6) is -1.15. The monoisotopic (exact) mass is 405 g/mol. The highest BCUT2D eigenvalue weighted by molar-refractivity contribution is 9.10. The van der Waals surface area contributed by atoms with Gasteiger partial charge in [-0.15, -0.1) is 0 Å². The highest BCUT2D eigenvalue weighted by Crippen LogP contribution is 2.33. The summed E-state index contributed by atoms with van der Waals surface area (Å²) in [7, 11) is 0. The minimum atomic E-state index is -0.846. The van der Waals surface area contributed by atoms with Crippen LogP contribution in [0.15, 0.2) is 51.4 Å². The molecule has 6 heteroatoms. The van der Waals surface area contributed by atoms with E-state index in [1.807, 2.05) is 0 Å². The molecular weight excluding hydrogens is 392 g/mol. The number of hydrogen-bond donors (Lipinski definition) is 1. The summed E-state index contributed by atoms with van der Waals surface area (Å²) >= 11 is 3.30. The topological polar surface area (TPSA) is 42.2 Å². The summed E-state index contributed by atoms with van der Waals surface area (Å²) in [5, 5.41) is 2.55. The molecule has 1 N–H and O–H groups in total. The number of rotatable bonds is 3. The molecule has 1 amide bonds. The number of furan rings is 1. The Morgan fingerprint density at radius 1 is 1.08 bits per heavy atom. The number of carbonyl (C=O) groups excluding carboxylic acids is 1. The maximum atomic E-state index is 14.4. The van der Waals surface area contributed by atoms with Gasteiger partial charge in [-0.3, -0.25) is 4.79 Å². The van der Waals surface area contributed by atoms with Crippen molar-refractivity contribution in [2.24, 2.45) is 0 Å². The van der Waals surface area contributed by atoms with Crippen molar-refractivity contribution in [1.29, 1.82) is 0 Å². The van der Waals surface area contributed by atoms with Crippen LogP contribution in [-0.2, 0) is 0 Å².